The van der Waals surface area contributed by atoms with Crippen molar-refractivity contribution in [3.8, 4) is 16.8 Å². The highest BCUT2D eigenvalue weighted by atomic mass is 35.5. The fourth-order valence-corrected chi connectivity index (χ4v) is 9.42. The van der Waals surface area contributed by atoms with E-state index in [2.05, 4.69) is 20.2 Å². The van der Waals surface area contributed by atoms with Crippen LogP contribution in [0, 0.1) is 17.6 Å². The molecule has 4 aromatic carbocycles. The summed E-state index contributed by atoms with van der Waals surface area (Å²) in [6.07, 6.45) is -2.78. The number of carbonyl (C=O) groups is 1. The van der Waals surface area contributed by atoms with E-state index in [1.807, 2.05) is 0 Å². The number of amides is 1. The Morgan fingerprint density at radius 3 is 2.40 bits per heavy atom. The molecule has 9 rings (SSSR count). The Morgan fingerprint density at radius 2 is 1.71 bits per heavy atom. The second-order valence-corrected chi connectivity index (χ2v) is 17.8. The highest BCUT2D eigenvalue weighted by molar-refractivity contribution is 7.92. The van der Waals surface area contributed by atoms with Crippen molar-refractivity contribution >= 4 is 66.8 Å². The van der Waals surface area contributed by atoms with Crippen LogP contribution in [0.3, 0.4) is 0 Å². The van der Waals surface area contributed by atoms with E-state index in [0.29, 0.717) is 26.9 Å². The lowest BCUT2D eigenvalue weighted by molar-refractivity contribution is -0.123. The predicted octanol–water partition coefficient (Wildman–Crippen LogP) is 8.34. The van der Waals surface area contributed by atoms with E-state index in [1.165, 1.54) is 29.9 Å². The van der Waals surface area contributed by atoms with Gasteiger partial charge in [-0.1, -0.05) is 47.5 Å². The minimum Gasteiger partial charge on any atom is -0.344 e. The zero-order chi connectivity index (χ0) is 44.2. The van der Waals surface area contributed by atoms with Gasteiger partial charge in [-0.3, -0.25) is 28.2 Å². The number of aryl methyl sites for hydroxylation is 1. The minimum absolute atomic E-state index is 0.00628. The second kappa shape index (κ2) is 14.9. The fraction of sp³-hybridized carbons (Fsp3) is 0.244. The number of sulfonamides is 1. The highest BCUT2D eigenvalue weighted by Crippen LogP contribution is 2.68. The number of anilines is 1. The van der Waals surface area contributed by atoms with Gasteiger partial charge in [0.2, 0.25) is 15.9 Å². The molecule has 0 spiro atoms. The molecule has 2 N–H and O–H groups in total. The molecule has 21 heteroatoms. The van der Waals surface area contributed by atoms with Gasteiger partial charge in [0.1, 0.15) is 35.4 Å². The Bertz CT molecular complexity index is 3190. The Kier molecular flexibility index (Phi) is 9.94. The van der Waals surface area contributed by atoms with E-state index < -0.39 is 87.7 Å². The van der Waals surface area contributed by atoms with Crippen molar-refractivity contribution in [3.05, 3.63) is 133 Å². The van der Waals surface area contributed by atoms with Gasteiger partial charge in [-0.05, 0) is 65.9 Å². The Labute approximate surface area is 357 Å². The zero-order valence-corrected chi connectivity index (χ0v) is 34.4. The zero-order valence-electron chi connectivity index (χ0n) is 32.1. The number of nitrogens with one attached hydrogen (secondary N) is 2. The van der Waals surface area contributed by atoms with Gasteiger partial charge in [0.05, 0.1) is 44.8 Å². The van der Waals surface area contributed by atoms with Gasteiger partial charge in [0, 0.05) is 41.6 Å². The van der Waals surface area contributed by atoms with E-state index in [-0.39, 0.29) is 61.7 Å². The van der Waals surface area contributed by atoms with E-state index in [1.54, 1.807) is 36.4 Å². The molecular formula is C41H30Cl2F6N8O4S. The van der Waals surface area contributed by atoms with Gasteiger partial charge < -0.3 is 5.32 Å². The molecule has 0 saturated heterocycles. The van der Waals surface area contributed by atoms with Gasteiger partial charge >= 0.3 is 0 Å². The van der Waals surface area contributed by atoms with Crippen molar-refractivity contribution in [1.82, 2.24) is 34.4 Å². The van der Waals surface area contributed by atoms with Gasteiger partial charge in [0.15, 0.2) is 5.82 Å². The number of carbonyl (C=O) groups excluding carboxylic acids is 1. The summed E-state index contributed by atoms with van der Waals surface area (Å²) in [5.41, 5.74) is -1.41. The molecule has 1 fully saturated rings. The number of hydrogen-bond donors (Lipinski definition) is 2. The van der Waals surface area contributed by atoms with Crippen LogP contribution in [0.15, 0.2) is 77.6 Å². The van der Waals surface area contributed by atoms with Crippen molar-refractivity contribution in [2.75, 3.05) is 11.0 Å². The molecular weight excluding hydrogens is 885 g/mol. The first-order valence-electron chi connectivity index (χ1n) is 18.8. The molecule has 7 aromatic rings. The van der Waals surface area contributed by atoms with Gasteiger partial charge in [-0.25, -0.2) is 31.0 Å². The van der Waals surface area contributed by atoms with E-state index in [9.17, 15) is 30.8 Å². The number of fused-ring (bicyclic) bond motifs is 5. The number of aromatic nitrogens is 6. The third kappa shape index (κ3) is 7.14. The van der Waals surface area contributed by atoms with Crippen molar-refractivity contribution in [2.45, 2.75) is 43.7 Å². The molecule has 1 saturated carbocycles. The number of rotatable bonds is 11. The molecule has 1 amide bonds. The number of hydrogen-bond acceptors (Lipinski definition) is 7. The van der Waals surface area contributed by atoms with Crippen LogP contribution < -0.4 is 15.6 Å². The minimum atomic E-state index is -3.91. The lowest BCUT2D eigenvalue weighted by atomic mass is 10.0. The molecule has 12 nitrogen and oxygen atoms in total. The summed E-state index contributed by atoms with van der Waals surface area (Å²) < 4.78 is 119. The highest BCUT2D eigenvalue weighted by Gasteiger charge is 2.67. The summed E-state index contributed by atoms with van der Waals surface area (Å²) in [5.74, 6) is -9.05. The maximum absolute atomic E-state index is 15.5. The normalized spacial score (nSPS) is 17.1. The molecule has 2 aliphatic carbocycles. The molecule has 62 heavy (non-hydrogen) atoms. The van der Waals surface area contributed by atoms with Crippen LogP contribution in [0.1, 0.15) is 53.1 Å². The van der Waals surface area contributed by atoms with E-state index in [0.717, 1.165) is 23.0 Å². The first-order valence-corrected chi connectivity index (χ1v) is 21.4. The summed E-state index contributed by atoms with van der Waals surface area (Å²) >= 11 is 13.1. The van der Waals surface area contributed by atoms with Crippen LogP contribution in [0.4, 0.5) is 32.2 Å². The Balaban J connectivity index is 1.26. The largest absolute Gasteiger partial charge is 0.344 e. The number of nitrogens with zero attached hydrogens (tertiary/aromatic N) is 6. The van der Waals surface area contributed by atoms with E-state index >= 15 is 13.6 Å². The Morgan fingerprint density at radius 1 is 0.984 bits per heavy atom. The first kappa shape index (κ1) is 41.4. The maximum atomic E-state index is 15.5. The van der Waals surface area contributed by atoms with Crippen LogP contribution in [0.2, 0.25) is 10.0 Å². The maximum Gasteiger partial charge on any atom is 0.293 e. The van der Waals surface area contributed by atoms with Crippen molar-refractivity contribution in [1.29, 1.82) is 0 Å². The number of alkyl halides is 4. The van der Waals surface area contributed by atoms with E-state index in [4.69, 9.17) is 28.2 Å². The third-order valence-corrected chi connectivity index (χ3v) is 12.2. The summed E-state index contributed by atoms with van der Waals surface area (Å²) in [6, 6.07) is 15.4. The third-order valence-electron chi connectivity index (χ3n) is 11.0. The SMILES string of the molecule is Cn1nc(NS(C)(=O)=O)c2c(Cl)ccc(-n3c([C@H](Cc4cc(F)cc(F)c4)NC(=O)Cn4nc(C(F)F)c5c4C(F)(F)[C@@H]4C[C@H]54)nc4cc(-c5ccccc5Cl)ccc4c3=O)c21. The lowest BCUT2D eigenvalue weighted by Crippen LogP contribution is -2.38. The second-order valence-electron chi connectivity index (χ2n) is 15.2. The van der Waals surface area contributed by atoms with Crippen LogP contribution in [0.25, 0.3) is 38.6 Å². The number of halogens is 8. The van der Waals surface area contributed by atoms with Crippen LogP contribution >= 0.6 is 23.2 Å². The topological polar surface area (TPSA) is 146 Å². The molecule has 3 heterocycles. The fourth-order valence-electron chi connectivity index (χ4n) is 8.44. The monoisotopic (exact) mass is 914 g/mol. The smallest absolute Gasteiger partial charge is 0.293 e. The van der Waals surface area contributed by atoms with Crippen LogP contribution in [-0.4, -0.2) is 49.7 Å². The molecule has 0 aliphatic heterocycles. The average molecular weight is 916 g/mol. The van der Waals surface area contributed by atoms with Gasteiger partial charge in [0.25, 0.3) is 17.9 Å². The quantitative estimate of drug-likeness (QED) is 0.124. The summed E-state index contributed by atoms with van der Waals surface area (Å²) in [6.45, 7) is -0.986. The first-order chi connectivity index (χ1) is 29.3. The summed E-state index contributed by atoms with van der Waals surface area (Å²) in [7, 11) is -2.46. The molecule has 3 atom stereocenters. The van der Waals surface area contributed by atoms with Crippen molar-refractivity contribution in [3.63, 3.8) is 0 Å². The van der Waals surface area contributed by atoms with Crippen molar-refractivity contribution < 1.29 is 39.6 Å². The number of benzene rings is 4. The average Bonchev–Trinajstić information content (AvgIpc) is 3.73. The standard InChI is InChI=1S/C41H30Cl2F6N8O4S/c1-55-35-30(10-9-27(43)33(35)38(53-55)54-62(2,60)61)57-39(51-28-14-19(7-8-23(28)40(57)59)22-5-3-4-6-26(22)42)29(13-18-11-20(44)15-21(45)12-18)50-31(58)17-56-36-32(34(52-56)37(46)47)24-16-25(24)41(36,48)49/h3-12,14-15,24-25,29,37H,13,16-17H2,1-2H3,(H,50,58)(H,53,54)/t24-,25+,29-/m0/s1. The summed E-state index contributed by atoms with van der Waals surface area (Å²) in [5, 5.41) is 11.2. The summed E-state index contributed by atoms with van der Waals surface area (Å²) in [4.78, 5) is 34.0. The molecule has 0 radical (unpaired) electrons. The van der Waals surface area contributed by atoms with Gasteiger partial charge in [-0.2, -0.15) is 19.0 Å². The molecule has 0 unspecified atom stereocenters. The van der Waals surface area contributed by atoms with Crippen molar-refractivity contribution in [2.24, 2.45) is 13.0 Å². The molecule has 2 aliphatic rings. The van der Waals surface area contributed by atoms with Crippen LogP contribution in [0.5, 0.6) is 0 Å². The molecule has 0 bridgehead atoms. The molecule has 320 valence electrons. The van der Waals surface area contributed by atoms with Gasteiger partial charge in [-0.15, -0.1) is 0 Å². The van der Waals surface area contributed by atoms with Crippen LogP contribution in [-0.2, 0) is 40.8 Å². The predicted molar refractivity (Wildman–Crippen MR) is 218 cm³/mol. The Hall–Kier alpha value is -5.92. The lowest BCUT2D eigenvalue weighted by Gasteiger charge is -2.24. The molecule has 3 aromatic heterocycles.